The van der Waals surface area contributed by atoms with Gasteiger partial charge in [0, 0.05) is 12.7 Å². The Hall–Kier alpha value is -1.58. The van der Waals surface area contributed by atoms with Crippen LogP contribution in [0, 0.1) is 11.6 Å². The normalized spacial score (nSPS) is 22.3. The van der Waals surface area contributed by atoms with Crippen LogP contribution in [0.4, 0.5) is 8.78 Å². The highest BCUT2D eigenvalue weighted by Crippen LogP contribution is 2.20. The number of halogens is 2. The van der Waals surface area contributed by atoms with E-state index in [9.17, 15) is 22.0 Å². The van der Waals surface area contributed by atoms with Crippen molar-refractivity contribution < 1.29 is 26.7 Å². The second-order valence-electron chi connectivity index (χ2n) is 4.75. The number of amides is 1. The molecule has 0 spiro atoms. The summed E-state index contributed by atoms with van der Waals surface area (Å²) in [7, 11) is -4.39. The maximum Gasteiger partial charge on any atom is 0.254 e. The number of benzene rings is 1. The Kier molecular flexibility index (Phi) is 4.26. The van der Waals surface area contributed by atoms with Gasteiger partial charge in [0.2, 0.25) is 10.0 Å². The molecule has 0 radical (unpaired) electrons. The third-order valence-corrected chi connectivity index (χ3v) is 4.19. The predicted molar refractivity (Wildman–Crippen MR) is 69.0 cm³/mol. The van der Waals surface area contributed by atoms with E-state index in [2.05, 4.69) is 5.32 Å². The van der Waals surface area contributed by atoms with Crippen LogP contribution < -0.4 is 10.5 Å². The van der Waals surface area contributed by atoms with Crippen molar-refractivity contribution in [2.24, 2.45) is 5.14 Å². The zero-order valence-corrected chi connectivity index (χ0v) is 11.9. The summed E-state index contributed by atoms with van der Waals surface area (Å²) in [6, 6.07) is 0.596. The first-order valence-electron chi connectivity index (χ1n) is 6.14. The average molecular weight is 320 g/mol. The molecule has 1 aromatic carbocycles. The maximum absolute atomic E-state index is 13.7. The summed E-state index contributed by atoms with van der Waals surface area (Å²) in [4.78, 5) is 11.1. The lowest BCUT2D eigenvalue weighted by atomic mass is 10.1. The standard InChI is InChI=1S/C12H14F2N2O4S/c1-6-10(2-3-20-6)16-12(17)7-4-11(21(15,18)19)9(14)5-8(7)13/h4-6,10H,2-3H2,1H3,(H,16,17)(H2,15,18,19). The van der Waals surface area contributed by atoms with E-state index in [-0.39, 0.29) is 12.1 Å². The SMILES string of the molecule is CC1OCCC1NC(=O)c1cc(S(N)(=O)=O)c(F)cc1F. The number of nitrogens with two attached hydrogens (primary N) is 1. The van der Waals surface area contributed by atoms with E-state index in [4.69, 9.17) is 9.88 Å². The molecule has 1 fully saturated rings. The van der Waals surface area contributed by atoms with Gasteiger partial charge in [0.1, 0.15) is 16.5 Å². The Morgan fingerprint density at radius 3 is 2.57 bits per heavy atom. The summed E-state index contributed by atoms with van der Waals surface area (Å²) < 4.78 is 54.7. The molecule has 1 amide bonds. The molecule has 0 bridgehead atoms. The third kappa shape index (κ3) is 3.36. The number of carbonyl (C=O) groups excluding carboxylic acids is 1. The van der Waals surface area contributed by atoms with Gasteiger partial charge in [0.25, 0.3) is 5.91 Å². The van der Waals surface area contributed by atoms with E-state index >= 15 is 0 Å². The zero-order chi connectivity index (χ0) is 15.8. The van der Waals surface area contributed by atoms with Gasteiger partial charge in [-0.1, -0.05) is 0 Å². The summed E-state index contributed by atoms with van der Waals surface area (Å²) in [6.07, 6.45) is 0.313. The highest BCUT2D eigenvalue weighted by atomic mass is 32.2. The van der Waals surface area contributed by atoms with E-state index in [1.165, 1.54) is 0 Å². The largest absolute Gasteiger partial charge is 0.376 e. The number of hydrogen-bond acceptors (Lipinski definition) is 4. The molecule has 9 heteroatoms. The molecule has 3 N–H and O–H groups in total. The van der Waals surface area contributed by atoms with Crippen molar-refractivity contribution in [3.8, 4) is 0 Å². The predicted octanol–water partition coefficient (Wildman–Crippen LogP) is 0.519. The van der Waals surface area contributed by atoms with Crippen LogP contribution >= 0.6 is 0 Å². The van der Waals surface area contributed by atoms with Crippen molar-refractivity contribution >= 4 is 15.9 Å². The maximum atomic E-state index is 13.7. The Morgan fingerprint density at radius 2 is 2.05 bits per heavy atom. The van der Waals surface area contributed by atoms with Crippen LogP contribution in [-0.2, 0) is 14.8 Å². The van der Waals surface area contributed by atoms with Crippen LogP contribution in [0.2, 0.25) is 0 Å². The number of ether oxygens (including phenoxy) is 1. The minimum Gasteiger partial charge on any atom is -0.376 e. The van der Waals surface area contributed by atoms with E-state index in [1.807, 2.05) is 0 Å². The van der Waals surface area contributed by atoms with Crippen molar-refractivity contribution in [2.45, 2.75) is 30.4 Å². The molecule has 1 aliphatic heterocycles. The van der Waals surface area contributed by atoms with Crippen molar-refractivity contribution in [3.63, 3.8) is 0 Å². The van der Waals surface area contributed by atoms with Crippen LogP contribution in [0.15, 0.2) is 17.0 Å². The number of hydrogen-bond donors (Lipinski definition) is 2. The monoisotopic (exact) mass is 320 g/mol. The summed E-state index contributed by atoms with van der Waals surface area (Å²) in [5.41, 5.74) is -0.584. The molecule has 6 nitrogen and oxygen atoms in total. The van der Waals surface area contributed by atoms with Crippen LogP contribution in [0.25, 0.3) is 0 Å². The fourth-order valence-corrected chi connectivity index (χ4v) is 2.70. The van der Waals surface area contributed by atoms with E-state index < -0.39 is 38.0 Å². The third-order valence-electron chi connectivity index (χ3n) is 3.27. The molecule has 1 aromatic rings. The summed E-state index contributed by atoms with van der Waals surface area (Å²) in [6.45, 7) is 2.20. The van der Waals surface area contributed by atoms with E-state index in [0.29, 0.717) is 25.2 Å². The number of rotatable bonds is 3. The fourth-order valence-electron chi connectivity index (χ4n) is 2.09. The zero-order valence-electron chi connectivity index (χ0n) is 11.1. The smallest absolute Gasteiger partial charge is 0.254 e. The first-order valence-corrected chi connectivity index (χ1v) is 7.69. The molecule has 21 heavy (non-hydrogen) atoms. The van der Waals surface area contributed by atoms with Crippen molar-refractivity contribution in [1.82, 2.24) is 5.32 Å². The summed E-state index contributed by atoms with van der Waals surface area (Å²) in [5.74, 6) is -3.35. The van der Waals surface area contributed by atoms with Gasteiger partial charge in [-0.25, -0.2) is 22.3 Å². The molecule has 2 atom stereocenters. The van der Waals surface area contributed by atoms with Crippen LogP contribution in [0.1, 0.15) is 23.7 Å². The van der Waals surface area contributed by atoms with E-state index in [0.717, 1.165) is 0 Å². The molecular weight excluding hydrogens is 306 g/mol. The quantitative estimate of drug-likeness (QED) is 0.848. The topological polar surface area (TPSA) is 98.5 Å². The van der Waals surface area contributed by atoms with Gasteiger partial charge in [-0.2, -0.15) is 0 Å². The van der Waals surface area contributed by atoms with Gasteiger partial charge in [-0.05, 0) is 19.4 Å². The molecule has 1 aliphatic rings. The molecule has 1 saturated heterocycles. The Balaban J connectivity index is 2.33. The Labute approximate surface area is 120 Å². The summed E-state index contributed by atoms with van der Waals surface area (Å²) in [5, 5.41) is 7.34. The minimum absolute atomic E-state index is 0.241. The highest BCUT2D eigenvalue weighted by molar-refractivity contribution is 7.89. The number of sulfonamides is 1. The average Bonchev–Trinajstić information content (AvgIpc) is 2.73. The molecule has 0 aromatic heterocycles. The lowest BCUT2D eigenvalue weighted by Gasteiger charge is -2.16. The van der Waals surface area contributed by atoms with Gasteiger partial charge in [0.05, 0.1) is 17.7 Å². The molecule has 116 valence electrons. The van der Waals surface area contributed by atoms with Gasteiger partial charge < -0.3 is 10.1 Å². The minimum atomic E-state index is -4.39. The highest BCUT2D eigenvalue weighted by Gasteiger charge is 2.28. The van der Waals surface area contributed by atoms with Crippen LogP contribution in [0.5, 0.6) is 0 Å². The van der Waals surface area contributed by atoms with Crippen molar-refractivity contribution in [1.29, 1.82) is 0 Å². The van der Waals surface area contributed by atoms with Crippen molar-refractivity contribution in [2.75, 3.05) is 6.61 Å². The van der Waals surface area contributed by atoms with E-state index in [1.54, 1.807) is 6.92 Å². The van der Waals surface area contributed by atoms with Gasteiger partial charge >= 0.3 is 0 Å². The number of nitrogens with one attached hydrogen (secondary N) is 1. The molecule has 0 aliphatic carbocycles. The number of primary sulfonamides is 1. The second kappa shape index (κ2) is 5.66. The van der Waals surface area contributed by atoms with Crippen LogP contribution in [0.3, 0.4) is 0 Å². The molecule has 2 rings (SSSR count). The molecular formula is C12H14F2N2O4S. The van der Waals surface area contributed by atoms with Crippen molar-refractivity contribution in [3.05, 3.63) is 29.3 Å². The first kappa shape index (κ1) is 15.8. The van der Waals surface area contributed by atoms with Gasteiger partial charge in [0.15, 0.2) is 0 Å². The van der Waals surface area contributed by atoms with Crippen LogP contribution in [-0.4, -0.2) is 33.1 Å². The fraction of sp³-hybridized carbons (Fsp3) is 0.417. The lowest BCUT2D eigenvalue weighted by molar-refractivity contribution is 0.0862. The van der Waals surface area contributed by atoms with Gasteiger partial charge in [-0.3, -0.25) is 4.79 Å². The summed E-state index contributed by atoms with van der Waals surface area (Å²) >= 11 is 0. The van der Waals surface area contributed by atoms with Gasteiger partial charge in [-0.15, -0.1) is 0 Å². The molecule has 2 unspecified atom stereocenters. The Morgan fingerprint density at radius 1 is 1.38 bits per heavy atom. The molecule has 0 saturated carbocycles. The first-order chi connectivity index (χ1) is 9.70. The molecule has 1 heterocycles. The Bertz CT molecular complexity index is 678. The number of carbonyl (C=O) groups is 1. The second-order valence-corrected chi connectivity index (χ2v) is 6.28. The lowest BCUT2D eigenvalue weighted by Crippen LogP contribution is -2.39.